The predicted octanol–water partition coefficient (Wildman–Crippen LogP) is 4.24. The predicted molar refractivity (Wildman–Crippen MR) is 94.6 cm³/mol. The van der Waals surface area contributed by atoms with Crippen molar-refractivity contribution in [2.75, 3.05) is 13.2 Å². The number of nitrogens with one attached hydrogen (secondary N) is 1. The molecule has 0 aliphatic heterocycles. The van der Waals surface area contributed by atoms with Gasteiger partial charge >= 0.3 is 0 Å². The molecule has 1 aromatic heterocycles. The summed E-state index contributed by atoms with van der Waals surface area (Å²) >= 11 is 1.24. The van der Waals surface area contributed by atoms with Crippen molar-refractivity contribution in [3.8, 4) is 6.07 Å². The summed E-state index contributed by atoms with van der Waals surface area (Å²) < 4.78 is 0. The lowest BCUT2D eigenvalue weighted by atomic mass is 10.1. The van der Waals surface area contributed by atoms with Gasteiger partial charge in [0, 0.05) is 13.2 Å². The van der Waals surface area contributed by atoms with Crippen LogP contribution in [0.5, 0.6) is 0 Å². The van der Waals surface area contributed by atoms with Gasteiger partial charge in [0.05, 0.1) is 4.88 Å². The van der Waals surface area contributed by atoms with Crippen LogP contribution in [-0.2, 0) is 0 Å². The number of nitriles is 1. The number of aliphatic hydroxyl groups is 1. The minimum Gasteiger partial charge on any atom is -0.396 e. The van der Waals surface area contributed by atoms with E-state index in [2.05, 4.69) is 5.32 Å². The zero-order chi connectivity index (χ0) is 16.8. The first kappa shape index (κ1) is 19.7. The van der Waals surface area contributed by atoms with Gasteiger partial charge in [0.15, 0.2) is 0 Å². The van der Waals surface area contributed by atoms with E-state index in [1.54, 1.807) is 12.1 Å². The molecule has 1 rings (SSSR count). The van der Waals surface area contributed by atoms with Gasteiger partial charge in [-0.05, 0) is 25.0 Å². The van der Waals surface area contributed by atoms with E-state index in [9.17, 15) is 4.79 Å². The van der Waals surface area contributed by atoms with Gasteiger partial charge in [-0.2, -0.15) is 5.26 Å². The van der Waals surface area contributed by atoms with Crippen LogP contribution in [0.1, 0.15) is 78.8 Å². The molecule has 0 aliphatic rings. The third-order valence-electron chi connectivity index (χ3n) is 3.81. The number of hydrogen-bond donors (Lipinski definition) is 2. The van der Waals surface area contributed by atoms with E-state index >= 15 is 0 Å². The Bertz CT molecular complexity index is 480. The molecular weight excluding hydrogens is 308 g/mol. The highest BCUT2D eigenvalue weighted by Crippen LogP contribution is 2.15. The van der Waals surface area contributed by atoms with Crippen LogP contribution < -0.4 is 5.32 Å². The molecule has 23 heavy (non-hydrogen) atoms. The highest BCUT2D eigenvalue weighted by Gasteiger charge is 2.07. The van der Waals surface area contributed by atoms with E-state index in [-0.39, 0.29) is 5.91 Å². The first-order chi connectivity index (χ1) is 11.3. The fourth-order valence-corrected chi connectivity index (χ4v) is 3.18. The van der Waals surface area contributed by atoms with Crippen molar-refractivity contribution < 1.29 is 9.90 Å². The summed E-state index contributed by atoms with van der Waals surface area (Å²) in [5.74, 6) is -0.0700. The molecule has 0 atom stereocenters. The lowest BCUT2D eigenvalue weighted by molar-refractivity contribution is 0.0957. The Morgan fingerprint density at radius 3 is 2.09 bits per heavy atom. The second-order valence-corrected chi connectivity index (χ2v) is 6.87. The van der Waals surface area contributed by atoms with E-state index in [0.29, 0.717) is 22.9 Å². The Hall–Kier alpha value is -1.38. The Balaban J connectivity index is 1.90. The monoisotopic (exact) mass is 336 g/mol. The van der Waals surface area contributed by atoms with Gasteiger partial charge in [0.1, 0.15) is 10.9 Å². The molecule has 1 amide bonds. The molecule has 0 saturated carbocycles. The maximum Gasteiger partial charge on any atom is 0.261 e. The van der Waals surface area contributed by atoms with Gasteiger partial charge in [-0.15, -0.1) is 11.3 Å². The summed E-state index contributed by atoms with van der Waals surface area (Å²) in [5, 5.41) is 20.3. The Labute approximate surface area is 143 Å². The van der Waals surface area contributed by atoms with Crippen LogP contribution in [0.4, 0.5) is 0 Å². The highest BCUT2D eigenvalue weighted by molar-refractivity contribution is 7.14. The molecular formula is C18H28N2O2S. The van der Waals surface area contributed by atoms with Crippen LogP contribution in [0.15, 0.2) is 12.1 Å². The molecule has 128 valence electrons. The maximum absolute atomic E-state index is 11.8. The smallest absolute Gasteiger partial charge is 0.261 e. The van der Waals surface area contributed by atoms with E-state index in [1.807, 2.05) is 6.07 Å². The molecule has 4 nitrogen and oxygen atoms in total. The zero-order valence-electron chi connectivity index (χ0n) is 13.9. The average Bonchev–Trinajstić information content (AvgIpc) is 3.05. The van der Waals surface area contributed by atoms with Crippen molar-refractivity contribution >= 4 is 17.2 Å². The standard InChI is InChI=1S/C18H28N2O2S/c19-15-16-11-12-17(23-16)18(22)20-13-9-7-5-3-1-2-4-6-8-10-14-21/h11-12,21H,1-10,13-14H2,(H,20,22). The fourth-order valence-electron chi connectivity index (χ4n) is 2.46. The summed E-state index contributed by atoms with van der Waals surface area (Å²) in [6, 6.07) is 5.44. The van der Waals surface area contributed by atoms with E-state index in [1.165, 1.54) is 49.9 Å². The Kier molecular flexibility index (Phi) is 11.2. The molecule has 0 spiro atoms. The molecule has 0 saturated heterocycles. The number of thiophene rings is 1. The van der Waals surface area contributed by atoms with Crippen molar-refractivity contribution in [3.05, 3.63) is 21.9 Å². The van der Waals surface area contributed by atoms with Crippen molar-refractivity contribution in [2.45, 2.75) is 64.2 Å². The minimum atomic E-state index is -0.0700. The Morgan fingerprint density at radius 2 is 1.57 bits per heavy atom. The number of hydrogen-bond acceptors (Lipinski definition) is 4. The fraction of sp³-hybridized carbons (Fsp3) is 0.667. The van der Waals surface area contributed by atoms with Crippen LogP contribution in [0.3, 0.4) is 0 Å². The van der Waals surface area contributed by atoms with E-state index in [4.69, 9.17) is 10.4 Å². The molecule has 0 fully saturated rings. The maximum atomic E-state index is 11.8. The largest absolute Gasteiger partial charge is 0.396 e. The normalized spacial score (nSPS) is 10.4. The molecule has 0 unspecified atom stereocenters. The lowest BCUT2D eigenvalue weighted by Gasteiger charge is -2.04. The van der Waals surface area contributed by atoms with Crippen LogP contribution in [-0.4, -0.2) is 24.2 Å². The van der Waals surface area contributed by atoms with Crippen LogP contribution in [0, 0.1) is 11.3 Å². The first-order valence-corrected chi connectivity index (χ1v) is 9.48. The molecule has 1 aromatic rings. The second-order valence-electron chi connectivity index (χ2n) is 5.79. The second kappa shape index (κ2) is 13.1. The zero-order valence-corrected chi connectivity index (χ0v) is 14.7. The van der Waals surface area contributed by atoms with Gasteiger partial charge in [0.2, 0.25) is 0 Å². The number of carbonyl (C=O) groups is 1. The average molecular weight is 337 g/mol. The van der Waals surface area contributed by atoms with Crippen molar-refractivity contribution in [3.63, 3.8) is 0 Å². The van der Waals surface area contributed by atoms with Crippen molar-refractivity contribution in [1.82, 2.24) is 5.32 Å². The van der Waals surface area contributed by atoms with Gasteiger partial charge in [-0.1, -0.05) is 51.4 Å². The van der Waals surface area contributed by atoms with Crippen LogP contribution in [0.2, 0.25) is 0 Å². The van der Waals surface area contributed by atoms with Gasteiger partial charge in [-0.3, -0.25) is 4.79 Å². The summed E-state index contributed by atoms with van der Waals surface area (Å²) in [6.07, 6.45) is 11.8. The topological polar surface area (TPSA) is 73.1 Å². The lowest BCUT2D eigenvalue weighted by Crippen LogP contribution is -2.23. The van der Waals surface area contributed by atoms with Crippen molar-refractivity contribution in [1.29, 1.82) is 5.26 Å². The first-order valence-electron chi connectivity index (χ1n) is 8.67. The number of aliphatic hydroxyl groups excluding tert-OH is 1. The number of unbranched alkanes of at least 4 members (excludes halogenated alkanes) is 9. The van der Waals surface area contributed by atoms with Gasteiger partial charge in [0.25, 0.3) is 5.91 Å². The summed E-state index contributed by atoms with van der Waals surface area (Å²) in [4.78, 5) is 13.0. The number of carbonyl (C=O) groups excluding carboxylic acids is 1. The molecule has 2 N–H and O–H groups in total. The Morgan fingerprint density at radius 1 is 1.00 bits per heavy atom. The summed E-state index contributed by atoms with van der Waals surface area (Å²) in [5.41, 5.74) is 0. The molecule has 0 radical (unpaired) electrons. The number of amides is 1. The molecule has 0 aromatic carbocycles. The summed E-state index contributed by atoms with van der Waals surface area (Å²) in [6.45, 7) is 1.03. The minimum absolute atomic E-state index is 0.0700. The van der Waals surface area contributed by atoms with Gasteiger partial charge in [-0.25, -0.2) is 0 Å². The van der Waals surface area contributed by atoms with E-state index < -0.39 is 0 Å². The van der Waals surface area contributed by atoms with E-state index in [0.717, 1.165) is 25.7 Å². The van der Waals surface area contributed by atoms with Crippen molar-refractivity contribution in [2.24, 2.45) is 0 Å². The highest BCUT2D eigenvalue weighted by atomic mass is 32.1. The molecule has 0 bridgehead atoms. The third-order valence-corrected chi connectivity index (χ3v) is 4.80. The number of rotatable bonds is 13. The quantitative estimate of drug-likeness (QED) is 0.529. The third kappa shape index (κ3) is 9.37. The SMILES string of the molecule is N#Cc1ccc(C(=O)NCCCCCCCCCCCCO)s1. The molecule has 1 heterocycles. The van der Waals surface area contributed by atoms with Gasteiger partial charge < -0.3 is 10.4 Å². The molecule has 0 aliphatic carbocycles. The number of nitrogens with zero attached hydrogens (tertiary/aromatic N) is 1. The van der Waals surface area contributed by atoms with Crippen LogP contribution in [0.25, 0.3) is 0 Å². The summed E-state index contributed by atoms with van der Waals surface area (Å²) in [7, 11) is 0. The molecule has 5 heteroatoms. The van der Waals surface area contributed by atoms with Crippen LogP contribution >= 0.6 is 11.3 Å².